The van der Waals surface area contributed by atoms with Gasteiger partial charge in [0.1, 0.15) is 0 Å². The minimum Gasteiger partial charge on any atom is -0.334 e. The molecule has 1 heterocycles. The molecule has 2 rings (SSSR count). The Bertz CT molecular complexity index is 772. The number of carbonyl (C=O) groups excluding carboxylic acids is 1. The van der Waals surface area contributed by atoms with Crippen LogP contribution in [0.5, 0.6) is 0 Å². The minimum absolute atomic E-state index is 0.0612. The second kappa shape index (κ2) is 7.92. The van der Waals surface area contributed by atoms with E-state index in [0.29, 0.717) is 12.2 Å². The Morgan fingerprint density at radius 2 is 1.88 bits per heavy atom. The number of anilines is 1. The molecule has 0 aliphatic carbocycles. The van der Waals surface area contributed by atoms with Crippen LogP contribution < -0.4 is 10.6 Å². The maximum absolute atomic E-state index is 12.1. The number of hydrogen-bond donors (Lipinski definition) is 2. The Morgan fingerprint density at radius 1 is 1.17 bits per heavy atom. The van der Waals surface area contributed by atoms with Crippen LogP contribution >= 0.6 is 0 Å². The van der Waals surface area contributed by atoms with E-state index in [1.165, 1.54) is 12.1 Å². The summed E-state index contributed by atoms with van der Waals surface area (Å²) < 4.78 is 24.3. The third-order valence-electron chi connectivity index (χ3n) is 3.20. The largest absolute Gasteiger partial charge is 0.334 e. The van der Waals surface area contributed by atoms with E-state index < -0.39 is 9.84 Å². The number of rotatable bonds is 6. The molecule has 0 bridgehead atoms. The third-order valence-corrected chi connectivity index (χ3v) is 5.30. The van der Waals surface area contributed by atoms with Gasteiger partial charge in [0.25, 0.3) is 0 Å². The van der Waals surface area contributed by atoms with Crippen molar-refractivity contribution < 1.29 is 13.2 Å². The third kappa shape index (κ3) is 5.34. The van der Waals surface area contributed by atoms with Crippen molar-refractivity contribution in [1.82, 2.24) is 10.3 Å². The van der Waals surface area contributed by atoms with Crippen LogP contribution in [0.2, 0.25) is 0 Å². The number of hydrogen-bond acceptors (Lipinski definition) is 4. The van der Waals surface area contributed by atoms with Gasteiger partial charge in [0.2, 0.25) is 0 Å². The average Bonchev–Trinajstić information content (AvgIpc) is 2.53. The van der Waals surface area contributed by atoms with Gasteiger partial charge in [0.05, 0.1) is 10.6 Å². The van der Waals surface area contributed by atoms with E-state index >= 15 is 0 Å². The number of carbonyl (C=O) groups is 1. The van der Waals surface area contributed by atoms with E-state index in [-0.39, 0.29) is 22.6 Å². The van der Waals surface area contributed by atoms with Crippen molar-refractivity contribution in [1.29, 1.82) is 0 Å². The maximum atomic E-state index is 12.1. The number of urea groups is 1. The van der Waals surface area contributed by atoms with Crippen molar-refractivity contribution in [2.24, 2.45) is 5.92 Å². The molecule has 1 aromatic carbocycles. The molecule has 0 fully saturated rings. The summed E-state index contributed by atoms with van der Waals surface area (Å²) in [7, 11) is -3.29. The van der Waals surface area contributed by atoms with E-state index in [4.69, 9.17) is 0 Å². The second-order valence-corrected chi connectivity index (χ2v) is 7.90. The lowest BCUT2D eigenvalue weighted by atomic mass is 10.3. The summed E-state index contributed by atoms with van der Waals surface area (Å²) in [6, 6.07) is 9.47. The molecule has 128 valence electrons. The highest BCUT2D eigenvalue weighted by atomic mass is 32.2. The topological polar surface area (TPSA) is 88.2 Å². The quantitative estimate of drug-likeness (QED) is 0.841. The molecule has 1 aromatic heterocycles. The molecular formula is C17H21N3O3S. The Hall–Kier alpha value is -2.41. The fraction of sp³-hybridized carbons (Fsp3) is 0.294. The van der Waals surface area contributed by atoms with Crippen LogP contribution in [0.1, 0.15) is 19.4 Å². The molecule has 0 aliphatic rings. The summed E-state index contributed by atoms with van der Waals surface area (Å²) in [4.78, 5) is 16.1. The molecule has 0 spiro atoms. The molecule has 0 saturated heterocycles. The Morgan fingerprint density at radius 3 is 2.46 bits per heavy atom. The molecule has 6 nitrogen and oxygen atoms in total. The normalized spacial score (nSPS) is 11.3. The summed E-state index contributed by atoms with van der Waals surface area (Å²) >= 11 is 0. The van der Waals surface area contributed by atoms with E-state index in [9.17, 15) is 13.2 Å². The predicted octanol–water partition coefficient (Wildman–Crippen LogP) is 2.83. The zero-order chi connectivity index (χ0) is 17.6. The first-order chi connectivity index (χ1) is 11.4. The first-order valence-electron chi connectivity index (χ1n) is 7.63. The van der Waals surface area contributed by atoms with Gasteiger partial charge in [-0.25, -0.2) is 13.2 Å². The van der Waals surface area contributed by atoms with Crippen molar-refractivity contribution in [3.8, 4) is 0 Å². The van der Waals surface area contributed by atoms with Gasteiger partial charge in [0.15, 0.2) is 9.84 Å². The summed E-state index contributed by atoms with van der Waals surface area (Å²) in [5.74, 6) is 0.164. The fourth-order valence-corrected chi connectivity index (χ4v) is 3.76. The van der Waals surface area contributed by atoms with Crippen molar-refractivity contribution in [2.75, 3.05) is 11.1 Å². The van der Waals surface area contributed by atoms with Crippen molar-refractivity contribution in [3.63, 3.8) is 0 Å². The van der Waals surface area contributed by atoms with E-state index in [1.54, 1.807) is 30.6 Å². The van der Waals surface area contributed by atoms with Gasteiger partial charge < -0.3 is 10.6 Å². The number of nitrogens with one attached hydrogen (secondary N) is 2. The Labute approximate surface area is 142 Å². The smallest absolute Gasteiger partial charge is 0.319 e. The van der Waals surface area contributed by atoms with Crippen LogP contribution in [0.4, 0.5) is 10.5 Å². The number of sulfone groups is 1. The number of amides is 2. The predicted molar refractivity (Wildman–Crippen MR) is 93.4 cm³/mol. The first kappa shape index (κ1) is 17.9. The Kier molecular flexibility index (Phi) is 5.92. The standard InChI is InChI=1S/C17H21N3O3S/c1-13(2)12-24(22,23)16-7-5-15(6-8-16)20-17(21)19-11-14-4-3-9-18-10-14/h3-10,13H,11-12H2,1-2H3,(H2,19,20,21). The van der Waals surface area contributed by atoms with Crippen LogP contribution in [-0.2, 0) is 16.4 Å². The van der Waals surface area contributed by atoms with Crippen LogP contribution in [0.25, 0.3) is 0 Å². The lowest BCUT2D eigenvalue weighted by molar-refractivity contribution is 0.251. The average molecular weight is 347 g/mol. The minimum atomic E-state index is -3.29. The number of pyridine rings is 1. The zero-order valence-electron chi connectivity index (χ0n) is 13.7. The van der Waals surface area contributed by atoms with E-state index in [0.717, 1.165) is 5.56 Å². The molecule has 0 aliphatic heterocycles. The van der Waals surface area contributed by atoms with Gasteiger partial charge in [-0.1, -0.05) is 19.9 Å². The lowest BCUT2D eigenvalue weighted by Gasteiger charge is -2.10. The van der Waals surface area contributed by atoms with Crippen LogP contribution in [0.3, 0.4) is 0 Å². The highest BCUT2D eigenvalue weighted by molar-refractivity contribution is 7.91. The van der Waals surface area contributed by atoms with Crippen LogP contribution in [0.15, 0.2) is 53.7 Å². The van der Waals surface area contributed by atoms with Crippen LogP contribution in [0, 0.1) is 5.92 Å². The molecule has 24 heavy (non-hydrogen) atoms. The van der Waals surface area contributed by atoms with Crippen molar-refractivity contribution >= 4 is 21.6 Å². The molecule has 2 amide bonds. The van der Waals surface area contributed by atoms with Crippen molar-refractivity contribution in [3.05, 3.63) is 54.4 Å². The molecule has 7 heteroatoms. The van der Waals surface area contributed by atoms with Crippen LogP contribution in [-0.4, -0.2) is 25.2 Å². The highest BCUT2D eigenvalue weighted by Gasteiger charge is 2.16. The molecule has 0 radical (unpaired) electrons. The SMILES string of the molecule is CC(C)CS(=O)(=O)c1ccc(NC(=O)NCc2cccnc2)cc1. The van der Waals surface area contributed by atoms with Gasteiger partial charge in [-0.15, -0.1) is 0 Å². The van der Waals surface area contributed by atoms with Gasteiger partial charge in [-0.2, -0.15) is 0 Å². The van der Waals surface area contributed by atoms with Gasteiger partial charge in [-0.3, -0.25) is 4.98 Å². The lowest BCUT2D eigenvalue weighted by Crippen LogP contribution is -2.28. The van der Waals surface area contributed by atoms with Crippen molar-refractivity contribution in [2.45, 2.75) is 25.3 Å². The zero-order valence-corrected chi connectivity index (χ0v) is 14.5. The first-order valence-corrected chi connectivity index (χ1v) is 9.28. The van der Waals surface area contributed by atoms with Gasteiger partial charge in [-0.05, 0) is 41.8 Å². The molecule has 0 atom stereocenters. The molecule has 2 N–H and O–H groups in total. The number of aromatic nitrogens is 1. The highest BCUT2D eigenvalue weighted by Crippen LogP contribution is 2.17. The summed E-state index contributed by atoms with van der Waals surface area (Å²) in [6.07, 6.45) is 3.34. The monoisotopic (exact) mass is 347 g/mol. The summed E-state index contributed by atoms with van der Waals surface area (Å²) in [6.45, 7) is 4.08. The fourth-order valence-electron chi connectivity index (χ4n) is 2.14. The molecule has 0 unspecified atom stereocenters. The molecule has 0 saturated carbocycles. The summed E-state index contributed by atoms with van der Waals surface area (Å²) in [5.41, 5.74) is 1.42. The maximum Gasteiger partial charge on any atom is 0.319 e. The summed E-state index contributed by atoms with van der Waals surface area (Å²) in [5, 5.41) is 5.38. The Balaban J connectivity index is 1.92. The number of benzene rings is 1. The van der Waals surface area contributed by atoms with E-state index in [2.05, 4.69) is 15.6 Å². The number of nitrogens with zero attached hydrogens (tertiary/aromatic N) is 1. The van der Waals surface area contributed by atoms with E-state index in [1.807, 2.05) is 19.9 Å². The molecule has 2 aromatic rings. The molecular weight excluding hydrogens is 326 g/mol. The second-order valence-electron chi connectivity index (χ2n) is 5.87. The van der Waals surface area contributed by atoms with Gasteiger partial charge >= 0.3 is 6.03 Å². The van der Waals surface area contributed by atoms with Gasteiger partial charge in [0, 0.05) is 24.6 Å².